The highest BCUT2D eigenvalue weighted by atomic mass is 16.3. The number of hydrogen-bond donors (Lipinski definition) is 0. The SMILES string of the molecule is CC.c1ccc2c(-c3ccc(-c4c5ccccc5c(-c5cccc6c5oc5ccccc56)c5ccccc45)cc3)cccc2c1. The molecule has 214 valence electrons. The summed E-state index contributed by atoms with van der Waals surface area (Å²) in [6.07, 6.45) is 0. The van der Waals surface area contributed by atoms with Crippen molar-refractivity contribution in [3.63, 3.8) is 0 Å². The van der Waals surface area contributed by atoms with E-state index in [1.165, 1.54) is 60.1 Å². The van der Waals surface area contributed by atoms with Gasteiger partial charge in [-0.05, 0) is 60.6 Å². The van der Waals surface area contributed by atoms with Crippen LogP contribution in [0.25, 0.3) is 87.6 Å². The summed E-state index contributed by atoms with van der Waals surface area (Å²) in [4.78, 5) is 0. The van der Waals surface area contributed by atoms with E-state index in [9.17, 15) is 0 Å². The van der Waals surface area contributed by atoms with Crippen LogP contribution in [-0.2, 0) is 0 Å². The van der Waals surface area contributed by atoms with Gasteiger partial charge in [0.2, 0.25) is 0 Å². The van der Waals surface area contributed by atoms with Crippen LogP contribution in [0.15, 0.2) is 162 Å². The van der Waals surface area contributed by atoms with Gasteiger partial charge in [0.15, 0.2) is 0 Å². The van der Waals surface area contributed by atoms with Crippen LogP contribution in [-0.4, -0.2) is 0 Å². The Hall–Kier alpha value is -5.66. The third-order valence-corrected chi connectivity index (χ3v) is 8.88. The van der Waals surface area contributed by atoms with Gasteiger partial charge in [-0.25, -0.2) is 0 Å². The highest BCUT2D eigenvalue weighted by molar-refractivity contribution is 6.24. The zero-order valence-electron chi connectivity index (χ0n) is 25.4. The third kappa shape index (κ3) is 4.31. The Balaban J connectivity index is 0.00000147. The molecule has 0 spiro atoms. The van der Waals surface area contributed by atoms with Crippen molar-refractivity contribution in [2.75, 3.05) is 0 Å². The molecule has 0 N–H and O–H groups in total. The summed E-state index contributed by atoms with van der Waals surface area (Å²) in [5.41, 5.74) is 9.15. The topological polar surface area (TPSA) is 13.1 Å². The van der Waals surface area contributed by atoms with E-state index in [-0.39, 0.29) is 0 Å². The van der Waals surface area contributed by atoms with Gasteiger partial charge in [0.25, 0.3) is 0 Å². The van der Waals surface area contributed by atoms with E-state index in [1.807, 2.05) is 19.9 Å². The fourth-order valence-corrected chi connectivity index (χ4v) is 6.97. The Morgan fingerprint density at radius 1 is 0.333 bits per heavy atom. The first kappa shape index (κ1) is 26.9. The fourth-order valence-electron chi connectivity index (χ4n) is 6.97. The van der Waals surface area contributed by atoms with Gasteiger partial charge in [0.05, 0.1) is 0 Å². The van der Waals surface area contributed by atoms with Crippen LogP contribution in [0.5, 0.6) is 0 Å². The first-order valence-electron chi connectivity index (χ1n) is 15.8. The van der Waals surface area contributed by atoms with E-state index in [1.54, 1.807) is 0 Å². The molecule has 0 fully saturated rings. The van der Waals surface area contributed by atoms with E-state index >= 15 is 0 Å². The second-order valence-electron chi connectivity index (χ2n) is 11.2. The largest absolute Gasteiger partial charge is 0.455 e. The second-order valence-corrected chi connectivity index (χ2v) is 11.2. The Kier molecular flexibility index (Phi) is 6.65. The van der Waals surface area contributed by atoms with Crippen molar-refractivity contribution < 1.29 is 4.42 Å². The molecular weight excluding hydrogens is 544 g/mol. The van der Waals surface area contributed by atoms with E-state index in [4.69, 9.17) is 4.42 Å². The lowest BCUT2D eigenvalue weighted by molar-refractivity contribution is 0.670. The Morgan fingerprint density at radius 2 is 0.800 bits per heavy atom. The predicted molar refractivity (Wildman–Crippen MR) is 194 cm³/mol. The minimum Gasteiger partial charge on any atom is -0.455 e. The van der Waals surface area contributed by atoms with Gasteiger partial charge >= 0.3 is 0 Å². The zero-order valence-corrected chi connectivity index (χ0v) is 25.4. The Bertz CT molecular complexity index is 2430. The molecule has 0 aliphatic heterocycles. The minimum atomic E-state index is 0.918. The normalized spacial score (nSPS) is 11.3. The van der Waals surface area contributed by atoms with Gasteiger partial charge in [0, 0.05) is 21.9 Å². The summed E-state index contributed by atoms with van der Waals surface area (Å²) in [5, 5.41) is 9.76. The molecule has 1 heterocycles. The lowest BCUT2D eigenvalue weighted by Crippen LogP contribution is -1.91. The first-order chi connectivity index (χ1) is 22.3. The van der Waals surface area contributed by atoms with Crippen molar-refractivity contribution in [2.45, 2.75) is 13.8 Å². The van der Waals surface area contributed by atoms with Crippen LogP contribution < -0.4 is 0 Å². The molecule has 0 saturated heterocycles. The van der Waals surface area contributed by atoms with Gasteiger partial charge in [-0.1, -0.05) is 166 Å². The minimum absolute atomic E-state index is 0.918. The second kappa shape index (κ2) is 11.1. The number of benzene rings is 8. The maximum atomic E-state index is 6.54. The maximum Gasteiger partial charge on any atom is 0.143 e. The molecule has 0 saturated carbocycles. The van der Waals surface area contributed by atoms with E-state index in [2.05, 4.69) is 152 Å². The van der Waals surface area contributed by atoms with Gasteiger partial charge in [-0.3, -0.25) is 0 Å². The molecule has 1 heteroatoms. The van der Waals surface area contributed by atoms with Gasteiger partial charge < -0.3 is 4.42 Å². The first-order valence-corrected chi connectivity index (χ1v) is 15.8. The quantitative estimate of drug-likeness (QED) is 0.191. The predicted octanol–water partition coefficient (Wildman–Crippen LogP) is 13.1. The van der Waals surface area contributed by atoms with Crippen LogP contribution in [0, 0.1) is 0 Å². The van der Waals surface area contributed by atoms with Gasteiger partial charge in [-0.15, -0.1) is 0 Å². The van der Waals surface area contributed by atoms with Crippen molar-refractivity contribution in [2.24, 2.45) is 0 Å². The van der Waals surface area contributed by atoms with Gasteiger partial charge in [-0.2, -0.15) is 0 Å². The molecule has 1 aromatic heterocycles. The molecule has 8 aromatic carbocycles. The molecule has 0 amide bonds. The summed E-state index contributed by atoms with van der Waals surface area (Å²) < 4.78 is 6.54. The summed E-state index contributed by atoms with van der Waals surface area (Å²) in [7, 11) is 0. The lowest BCUT2D eigenvalue weighted by Gasteiger charge is -2.18. The highest BCUT2D eigenvalue weighted by Gasteiger charge is 2.20. The summed E-state index contributed by atoms with van der Waals surface area (Å²) in [6, 6.07) is 56.7. The molecule has 9 rings (SSSR count). The monoisotopic (exact) mass is 576 g/mol. The Labute approximate surface area is 263 Å². The van der Waals surface area contributed by atoms with Crippen LogP contribution in [0.4, 0.5) is 0 Å². The number of furan rings is 1. The van der Waals surface area contributed by atoms with Crippen LogP contribution in [0.1, 0.15) is 13.8 Å². The molecule has 45 heavy (non-hydrogen) atoms. The number of fused-ring (bicyclic) bond motifs is 6. The fraction of sp³-hybridized carbons (Fsp3) is 0.0455. The average molecular weight is 577 g/mol. The molecular formula is C44H32O. The maximum absolute atomic E-state index is 6.54. The molecule has 1 nitrogen and oxygen atoms in total. The Morgan fingerprint density at radius 3 is 1.49 bits per heavy atom. The van der Waals surface area contributed by atoms with E-state index in [0.29, 0.717) is 0 Å². The van der Waals surface area contributed by atoms with E-state index in [0.717, 1.165) is 27.5 Å². The van der Waals surface area contributed by atoms with Crippen molar-refractivity contribution in [1.29, 1.82) is 0 Å². The molecule has 9 aromatic rings. The van der Waals surface area contributed by atoms with Crippen LogP contribution in [0.2, 0.25) is 0 Å². The highest BCUT2D eigenvalue weighted by Crippen LogP contribution is 2.46. The van der Waals surface area contributed by atoms with Crippen molar-refractivity contribution in [1.82, 2.24) is 0 Å². The van der Waals surface area contributed by atoms with Crippen LogP contribution in [0.3, 0.4) is 0 Å². The number of para-hydroxylation sites is 2. The summed E-state index contributed by atoms with van der Waals surface area (Å²) in [5.74, 6) is 0. The van der Waals surface area contributed by atoms with Gasteiger partial charge in [0.1, 0.15) is 11.2 Å². The van der Waals surface area contributed by atoms with Crippen LogP contribution >= 0.6 is 0 Å². The summed E-state index contributed by atoms with van der Waals surface area (Å²) >= 11 is 0. The molecule has 0 radical (unpaired) electrons. The lowest BCUT2D eigenvalue weighted by atomic mass is 9.85. The van der Waals surface area contributed by atoms with Crippen molar-refractivity contribution in [3.05, 3.63) is 158 Å². The molecule has 0 atom stereocenters. The molecule has 0 bridgehead atoms. The molecule has 0 aliphatic carbocycles. The van der Waals surface area contributed by atoms with Crippen molar-refractivity contribution in [3.8, 4) is 33.4 Å². The molecule has 0 unspecified atom stereocenters. The summed E-state index contributed by atoms with van der Waals surface area (Å²) in [6.45, 7) is 4.00. The number of rotatable bonds is 3. The van der Waals surface area contributed by atoms with Crippen molar-refractivity contribution >= 4 is 54.3 Å². The zero-order chi connectivity index (χ0) is 30.3. The molecule has 0 aliphatic rings. The third-order valence-electron chi connectivity index (χ3n) is 8.88. The standard InChI is InChI=1S/C42H26O.C2H6/c1-2-13-30-27(11-1)12-9-19-31(30)28-23-25-29(26-24-28)40-33-15-3-5-17-35(33)41(36-18-6-4-16-34(36)40)38-21-10-20-37-32-14-7-8-22-39(32)43-42(37)38;1-2/h1-26H;1-2H3. The smallest absolute Gasteiger partial charge is 0.143 e. The average Bonchev–Trinajstić information content (AvgIpc) is 3.51. The number of hydrogen-bond acceptors (Lipinski definition) is 1. The van der Waals surface area contributed by atoms with E-state index < -0.39 is 0 Å².